The van der Waals surface area contributed by atoms with Gasteiger partial charge in [0.1, 0.15) is 0 Å². The average Bonchev–Trinajstić information content (AvgIpc) is 1.69. The van der Waals surface area contributed by atoms with Crippen molar-refractivity contribution in [1.29, 1.82) is 0 Å². The van der Waals surface area contributed by atoms with Crippen LogP contribution in [0.1, 0.15) is 6.92 Å². The highest BCUT2D eigenvalue weighted by Gasteiger charge is 1.97. The summed E-state index contributed by atoms with van der Waals surface area (Å²) in [6.45, 7) is 2.18. The molecule has 50 valence electrons. The summed E-state index contributed by atoms with van der Waals surface area (Å²) < 4.78 is 21.2. The van der Waals surface area contributed by atoms with Gasteiger partial charge in [0.15, 0.2) is 0 Å². The van der Waals surface area contributed by atoms with Gasteiger partial charge in [-0.05, 0) is 0 Å². The summed E-state index contributed by atoms with van der Waals surface area (Å²) in [6.07, 6.45) is 0. The zero-order valence-electron chi connectivity index (χ0n) is 4.50. The highest BCUT2D eigenvalue weighted by atomic mass is 35.5. The van der Waals surface area contributed by atoms with Gasteiger partial charge in [-0.15, -0.1) is 11.6 Å². The molecule has 0 N–H and O–H groups in total. The molecule has 0 saturated carbocycles. The Morgan fingerprint density at radius 1 is 1.62 bits per heavy atom. The average molecular weight is 158 g/mol. The van der Waals surface area contributed by atoms with Gasteiger partial charge in [0.25, 0.3) is 0 Å². The Morgan fingerprint density at radius 2 is 2.12 bits per heavy atom. The van der Waals surface area contributed by atoms with E-state index < -0.39 is 10.9 Å². The van der Waals surface area contributed by atoms with Gasteiger partial charge in [-0.2, -0.15) is 4.31 Å². The molecule has 0 fully saturated rings. The second-order valence-electron chi connectivity index (χ2n) is 1.18. The molecule has 0 rings (SSSR count). The number of thiol groups is 1. The van der Waals surface area contributed by atoms with Crippen molar-refractivity contribution in [2.24, 2.45) is 0 Å². The molecule has 0 aliphatic rings. The third-order valence-corrected chi connectivity index (χ3v) is 2.08. The van der Waals surface area contributed by atoms with Crippen molar-refractivity contribution in [2.45, 2.75) is 6.92 Å². The van der Waals surface area contributed by atoms with E-state index in [1.54, 1.807) is 6.92 Å². The molecule has 0 unspecified atom stereocenters. The van der Waals surface area contributed by atoms with Crippen molar-refractivity contribution < 1.29 is 8.42 Å². The second kappa shape index (κ2) is 4.12. The highest BCUT2D eigenvalue weighted by Crippen LogP contribution is 1.87. The van der Waals surface area contributed by atoms with E-state index in [0.717, 1.165) is 4.31 Å². The van der Waals surface area contributed by atoms with Gasteiger partial charge in [-0.1, -0.05) is 6.92 Å². The summed E-state index contributed by atoms with van der Waals surface area (Å²) in [6, 6.07) is 0.0508. The maximum atomic E-state index is 10.0. The summed E-state index contributed by atoms with van der Waals surface area (Å²) in [5.74, 6) is 0. The topological polar surface area (TPSA) is 37.4 Å². The molecule has 0 aliphatic carbocycles. The molecule has 0 radical (unpaired) electrons. The first kappa shape index (κ1) is 8.20. The van der Waals surface area contributed by atoms with E-state index in [-0.39, 0.29) is 6.00 Å². The Labute approximate surface area is 55.3 Å². The van der Waals surface area contributed by atoms with Gasteiger partial charge in [0, 0.05) is 6.54 Å². The number of rotatable bonds is 3. The van der Waals surface area contributed by atoms with Gasteiger partial charge >= 0.3 is 0 Å². The van der Waals surface area contributed by atoms with Gasteiger partial charge in [0.2, 0.25) is 10.9 Å². The molecule has 0 heterocycles. The molecule has 0 aromatic rings. The maximum Gasteiger partial charge on any atom is 0.205 e. The van der Waals surface area contributed by atoms with Crippen molar-refractivity contribution in [1.82, 2.24) is 4.31 Å². The standard InChI is InChI=1S/C3H8ClNO2S/c1-2-5(3-4)8(6)7/h8H,2-3H2,1H3. The second-order valence-corrected chi connectivity index (χ2v) is 2.46. The van der Waals surface area contributed by atoms with Crippen LogP contribution in [-0.2, 0) is 10.9 Å². The van der Waals surface area contributed by atoms with E-state index in [2.05, 4.69) is 0 Å². The van der Waals surface area contributed by atoms with Crippen LogP contribution < -0.4 is 0 Å². The summed E-state index contributed by atoms with van der Waals surface area (Å²) in [5.41, 5.74) is 0. The summed E-state index contributed by atoms with van der Waals surface area (Å²) in [4.78, 5) is 0. The first-order valence-electron chi connectivity index (χ1n) is 2.17. The molecule has 0 spiro atoms. The molecular formula is C3H8ClNO2S. The predicted molar refractivity (Wildman–Crippen MR) is 33.4 cm³/mol. The number of alkyl halides is 1. The third kappa shape index (κ3) is 2.49. The van der Waals surface area contributed by atoms with Crippen molar-refractivity contribution in [3.63, 3.8) is 0 Å². The lowest BCUT2D eigenvalue weighted by Gasteiger charge is -2.04. The summed E-state index contributed by atoms with van der Waals surface area (Å²) >= 11 is 5.20. The molecule has 0 aromatic heterocycles. The third-order valence-electron chi connectivity index (χ3n) is 0.734. The zero-order chi connectivity index (χ0) is 6.57. The van der Waals surface area contributed by atoms with E-state index in [9.17, 15) is 8.42 Å². The molecule has 0 atom stereocenters. The molecule has 0 bridgehead atoms. The van der Waals surface area contributed by atoms with Gasteiger partial charge in [0.05, 0.1) is 6.00 Å². The first-order chi connectivity index (χ1) is 3.72. The van der Waals surface area contributed by atoms with Crippen molar-refractivity contribution in [3.05, 3.63) is 0 Å². The minimum atomic E-state index is -2.46. The Morgan fingerprint density at radius 3 is 2.12 bits per heavy atom. The fourth-order valence-corrected chi connectivity index (χ4v) is 0.993. The van der Waals surface area contributed by atoms with Crippen LogP contribution in [0.25, 0.3) is 0 Å². The minimum absolute atomic E-state index is 0.0508. The quantitative estimate of drug-likeness (QED) is 0.357. The molecule has 0 aromatic carbocycles. The van der Waals surface area contributed by atoms with E-state index in [1.807, 2.05) is 0 Å². The highest BCUT2D eigenvalue weighted by molar-refractivity contribution is 7.69. The molecule has 0 aliphatic heterocycles. The van der Waals surface area contributed by atoms with E-state index in [0.29, 0.717) is 6.54 Å². The largest absolute Gasteiger partial charge is 0.215 e. The van der Waals surface area contributed by atoms with Gasteiger partial charge in [-0.3, -0.25) is 0 Å². The van der Waals surface area contributed by atoms with Crippen molar-refractivity contribution >= 4 is 22.5 Å². The van der Waals surface area contributed by atoms with Crippen molar-refractivity contribution in [2.75, 3.05) is 12.5 Å². The molecule has 8 heavy (non-hydrogen) atoms. The van der Waals surface area contributed by atoms with Crippen LogP contribution >= 0.6 is 11.6 Å². The van der Waals surface area contributed by atoms with Gasteiger partial charge < -0.3 is 0 Å². The van der Waals surface area contributed by atoms with Crippen molar-refractivity contribution in [3.8, 4) is 0 Å². The summed E-state index contributed by atoms with van der Waals surface area (Å²) in [7, 11) is -2.46. The van der Waals surface area contributed by atoms with Crippen LogP contribution in [0.5, 0.6) is 0 Å². The fraction of sp³-hybridized carbons (Fsp3) is 1.00. The minimum Gasteiger partial charge on any atom is -0.215 e. The molecule has 0 amide bonds. The van der Waals surface area contributed by atoms with E-state index in [4.69, 9.17) is 11.6 Å². The van der Waals surface area contributed by atoms with Gasteiger partial charge in [-0.25, -0.2) is 8.42 Å². The lowest BCUT2D eigenvalue weighted by Crippen LogP contribution is -2.18. The first-order valence-corrected chi connectivity index (χ1v) is 3.84. The zero-order valence-corrected chi connectivity index (χ0v) is 6.15. The van der Waals surface area contributed by atoms with E-state index in [1.165, 1.54) is 0 Å². The normalized spacial score (nSPS) is 11.0. The number of halogens is 1. The molecule has 5 heteroatoms. The van der Waals surface area contributed by atoms with E-state index >= 15 is 0 Å². The van der Waals surface area contributed by atoms with Crippen LogP contribution in [0, 0.1) is 0 Å². The molecule has 0 saturated heterocycles. The Bertz CT molecular complexity index is 112. The SMILES string of the molecule is CCN(CCl)[SH](=O)=O. The Kier molecular flexibility index (Phi) is 4.22. The van der Waals surface area contributed by atoms with Crippen LogP contribution in [0.2, 0.25) is 0 Å². The maximum absolute atomic E-state index is 10.0. The monoisotopic (exact) mass is 157 g/mol. The predicted octanol–water partition coefficient (Wildman–Crippen LogP) is 0.0310. The fourth-order valence-electron chi connectivity index (χ4n) is 0.244. The lowest BCUT2D eigenvalue weighted by molar-refractivity contribution is 0.494. The smallest absolute Gasteiger partial charge is 0.205 e. The van der Waals surface area contributed by atoms with Crippen LogP contribution in [0.15, 0.2) is 0 Å². The number of hydrogen-bond donors (Lipinski definition) is 1. The number of nitrogens with zero attached hydrogens (tertiary/aromatic N) is 1. The molecule has 3 nitrogen and oxygen atoms in total. The Hall–Kier alpha value is 0.200. The summed E-state index contributed by atoms with van der Waals surface area (Å²) in [5, 5.41) is 0. The molecular weight excluding hydrogens is 150 g/mol. The number of hydrogen-bond acceptors (Lipinski definition) is 2. The van der Waals surface area contributed by atoms with Crippen LogP contribution in [0.4, 0.5) is 0 Å². The Balaban J connectivity index is 3.70. The lowest BCUT2D eigenvalue weighted by atomic mass is 10.8. The van der Waals surface area contributed by atoms with Crippen LogP contribution in [-0.4, -0.2) is 25.3 Å². The van der Waals surface area contributed by atoms with Crippen LogP contribution in [0.3, 0.4) is 0 Å².